The number of rotatable bonds is 5. The van der Waals surface area contributed by atoms with Crippen molar-refractivity contribution in [2.75, 3.05) is 7.11 Å². The van der Waals surface area contributed by atoms with Crippen molar-refractivity contribution < 1.29 is 14.7 Å². The molecule has 0 amide bonds. The summed E-state index contributed by atoms with van der Waals surface area (Å²) in [7, 11) is 1.61. The lowest BCUT2D eigenvalue weighted by atomic mass is 10.2. The van der Waals surface area contributed by atoms with Crippen molar-refractivity contribution in [3.05, 3.63) is 53.3 Å². The molecular weight excluding hydrogens is 270 g/mol. The Labute approximate surface area is 122 Å². The molecule has 6 heteroatoms. The van der Waals surface area contributed by atoms with E-state index in [0.29, 0.717) is 17.9 Å². The van der Waals surface area contributed by atoms with Crippen LogP contribution in [0, 0.1) is 6.92 Å². The van der Waals surface area contributed by atoms with Gasteiger partial charge in [0.15, 0.2) is 5.84 Å². The molecule has 0 saturated carbocycles. The molecule has 6 nitrogen and oxygen atoms in total. The fraction of sp³-hybridized carbons (Fsp3) is 0.200. The number of nitrogens with zero attached hydrogens (tertiary/aromatic N) is 2. The van der Waals surface area contributed by atoms with Crippen LogP contribution in [0.1, 0.15) is 17.0 Å². The smallest absolute Gasteiger partial charge is 0.170 e. The quantitative estimate of drug-likeness (QED) is 0.380. The first-order chi connectivity index (χ1) is 10.1. The van der Waals surface area contributed by atoms with Crippen LogP contribution < -0.4 is 15.2 Å². The standard InChI is InChI=1S/C15H17N3O3/c1-10-6-14(20-2)8-12(17-10)9-21-13-5-3-4-11(7-13)15(16)18-19/h3-8,19H,9H2,1-2H3,(H2,16,18). The second kappa shape index (κ2) is 6.60. The number of methoxy groups -OCH3 is 1. The molecule has 0 saturated heterocycles. The SMILES string of the molecule is COc1cc(C)nc(COc2cccc(/C(N)=N/O)c2)c1. The van der Waals surface area contributed by atoms with E-state index in [9.17, 15) is 0 Å². The first kappa shape index (κ1) is 14.6. The number of aromatic nitrogens is 1. The summed E-state index contributed by atoms with van der Waals surface area (Å²) >= 11 is 0. The molecule has 0 bridgehead atoms. The van der Waals surface area contributed by atoms with Crippen LogP contribution in [0.3, 0.4) is 0 Å². The van der Waals surface area contributed by atoms with Gasteiger partial charge in [0, 0.05) is 23.4 Å². The maximum absolute atomic E-state index is 8.67. The molecule has 0 aliphatic rings. The zero-order valence-electron chi connectivity index (χ0n) is 11.9. The Bertz CT molecular complexity index is 656. The Kier molecular flexibility index (Phi) is 4.61. The molecule has 1 heterocycles. The molecule has 0 spiro atoms. The highest BCUT2D eigenvalue weighted by Crippen LogP contribution is 2.17. The monoisotopic (exact) mass is 287 g/mol. The minimum absolute atomic E-state index is 0.0378. The summed E-state index contributed by atoms with van der Waals surface area (Å²) in [6.07, 6.45) is 0. The summed E-state index contributed by atoms with van der Waals surface area (Å²) in [5.74, 6) is 1.39. The number of hydrogen-bond acceptors (Lipinski definition) is 5. The van der Waals surface area contributed by atoms with Crippen molar-refractivity contribution in [3.8, 4) is 11.5 Å². The van der Waals surface area contributed by atoms with Crippen molar-refractivity contribution in [1.29, 1.82) is 0 Å². The molecule has 0 fully saturated rings. The lowest BCUT2D eigenvalue weighted by molar-refractivity contribution is 0.299. The van der Waals surface area contributed by atoms with Gasteiger partial charge in [-0.1, -0.05) is 17.3 Å². The van der Waals surface area contributed by atoms with Gasteiger partial charge in [-0.25, -0.2) is 0 Å². The van der Waals surface area contributed by atoms with Gasteiger partial charge in [-0.2, -0.15) is 0 Å². The van der Waals surface area contributed by atoms with E-state index in [0.717, 1.165) is 17.1 Å². The average molecular weight is 287 g/mol. The van der Waals surface area contributed by atoms with Crippen molar-refractivity contribution in [3.63, 3.8) is 0 Å². The second-order valence-electron chi connectivity index (χ2n) is 4.44. The van der Waals surface area contributed by atoms with E-state index in [2.05, 4.69) is 10.1 Å². The molecule has 3 N–H and O–H groups in total. The fourth-order valence-corrected chi connectivity index (χ4v) is 1.85. The van der Waals surface area contributed by atoms with E-state index in [1.165, 1.54) is 0 Å². The zero-order valence-corrected chi connectivity index (χ0v) is 11.9. The lowest BCUT2D eigenvalue weighted by Crippen LogP contribution is -2.13. The van der Waals surface area contributed by atoms with E-state index < -0.39 is 0 Å². The molecule has 2 aromatic rings. The summed E-state index contributed by atoms with van der Waals surface area (Å²) in [6.45, 7) is 2.20. The third kappa shape index (κ3) is 3.85. The van der Waals surface area contributed by atoms with Crippen LogP contribution in [0.2, 0.25) is 0 Å². The van der Waals surface area contributed by atoms with E-state index in [4.69, 9.17) is 20.4 Å². The number of nitrogens with two attached hydrogens (primary N) is 1. The zero-order chi connectivity index (χ0) is 15.2. The molecule has 1 aromatic carbocycles. The topological polar surface area (TPSA) is 90.0 Å². The highest BCUT2D eigenvalue weighted by Gasteiger charge is 2.04. The van der Waals surface area contributed by atoms with Crippen LogP contribution in [0.25, 0.3) is 0 Å². The van der Waals surface area contributed by atoms with Crippen LogP contribution in [0.4, 0.5) is 0 Å². The number of pyridine rings is 1. The van der Waals surface area contributed by atoms with E-state index >= 15 is 0 Å². The largest absolute Gasteiger partial charge is 0.497 e. The minimum Gasteiger partial charge on any atom is -0.497 e. The summed E-state index contributed by atoms with van der Waals surface area (Å²) in [5, 5.41) is 11.6. The minimum atomic E-state index is 0.0378. The maximum Gasteiger partial charge on any atom is 0.170 e. The molecular formula is C15H17N3O3. The van der Waals surface area contributed by atoms with Crippen LogP contribution in [-0.4, -0.2) is 23.1 Å². The van der Waals surface area contributed by atoms with Gasteiger partial charge in [-0.3, -0.25) is 4.98 Å². The Balaban J connectivity index is 2.11. The first-order valence-corrected chi connectivity index (χ1v) is 6.34. The molecule has 2 rings (SSSR count). The van der Waals surface area contributed by atoms with Gasteiger partial charge in [0.1, 0.15) is 18.1 Å². The normalized spacial score (nSPS) is 11.2. The molecule has 0 radical (unpaired) electrons. The maximum atomic E-state index is 8.67. The number of aryl methyl sites for hydroxylation is 1. The second-order valence-corrected chi connectivity index (χ2v) is 4.44. The van der Waals surface area contributed by atoms with Crippen molar-refractivity contribution in [1.82, 2.24) is 4.98 Å². The predicted molar refractivity (Wildman–Crippen MR) is 78.8 cm³/mol. The summed E-state index contributed by atoms with van der Waals surface area (Å²) in [4.78, 5) is 4.38. The van der Waals surface area contributed by atoms with Gasteiger partial charge in [0.25, 0.3) is 0 Å². The molecule has 0 aliphatic heterocycles. The highest BCUT2D eigenvalue weighted by atomic mass is 16.5. The molecule has 0 unspecified atom stereocenters. The molecule has 110 valence electrons. The highest BCUT2D eigenvalue weighted by molar-refractivity contribution is 5.97. The number of hydrogen-bond donors (Lipinski definition) is 2. The lowest BCUT2D eigenvalue weighted by Gasteiger charge is -2.09. The number of benzene rings is 1. The van der Waals surface area contributed by atoms with Crippen LogP contribution in [-0.2, 0) is 6.61 Å². The first-order valence-electron chi connectivity index (χ1n) is 6.34. The van der Waals surface area contributed by atoms with Gasteiger partial charge in [-0.05, 0) is 19.1 Å². The average Bonchev–Trinajstić information content (AvgIpc) is 2.51. The molecule has 0 aliphatic carbocycles. The van der Waals surface area contributed by atoms with E-state index in [1.54, 1.807) is 31.4 Å². The number of oxime groups is 1. The fourth-order valence-electron chi connectivity index (χ4n) is 1.85. The van der Waals surface area contributed by atoms with Gasteiger partial charge < -0.3 is 20.4 Å². The predicted octanol–water partition coefficient (Wildman–Crippen LogP) is 2.07. The summed E-state index contributed by atoms with van der Waals surface area (Å²) in [6, 6.07) is 10.7. The Hall–Kier alpha value is -2.76. The van der Waals surface area contributed by atoms with Crippen LogP contribution >= 0.6 is 0 Å². The van der Waals surface area contributed by atoms with Crippen LogP contribution in [0.5, 0.6) is 11.5 Å². The molecule has 0 atom stereocenters. The molecule has 21 heavy (non-hydrogen) atoms. The van der Waals surface area contributed by atoms with Crippen molar-refractivity contribution >= 4 is 5.84 Å². The van der Waals surface area contributed by atoms with Gasteiger partial charge >= 0.3 is 0 Å². The van der Waals surface area contributed by atoms with Crippen molar-refractivity contribution in [2.45, 2.75) is 13.5 Å². The Morgan fingerprint density at radius 2 is 2.10 bits per heavy atom. The Morgan fingerprint density at radius 1 is 1.29 bits per heavy atom. The van der Waals surface area contributed by atoms with Crippen molar-refractivity contribution in [2.24, 2.45) is 10.9 Å². The number of amidine groups is 1. The van der Waals surface area contributed by atoms with Gasteiger partial charge in [0.05, 0.1) is 12.8 Å². The molecule has 1 aromatic heterocycles. The summed E-state index contributed by atoms with van der Waals surface area (Å²) in [5.41, 5.74) is 7.76. The Morgan fingerprint density at radius 3 is 2.81 bits per heavy atom. The van der Waals surface area contributed by atoms with E-state index in [1.807, 2.05) is 19.1 Å². The van der Waals surface area contributed by atoms with E-state index in [-0.39, 0.29) is 5.84 Å². The van der Waals surface area contributed by atoms with Gasteiger partial charge in [-0.15, -0.1) is 0 Å². The summed E-state index contributed by atoms with van der Waals surface area (Å²) < 4.78 is 10.9. The third-order valence-corrected chi connectivity index (χ3v) is 2.84. The number of ether oxygens (including phenoxy) is 2. The third-order valence-electron chi connectivity index (χ3n) is 2.84. The van der Waals surface area contributed by atoms with Gasteiger partial charge in [0.2, 0.25) is 0 Å². The van der Waals surface area contributed by atoms with Crippen LogP contribution in [0.15, 0.2) is 41.6 Å².